The van der Waals surface area contributed by atoms with Crippen LogP contribution in [-0.4, -0.2) is 9.97 Å². The molecule has 1 aromatic heterocycles. The second kappa shape index (κ2) is 2.61. The smallest absolute Gasteiger partial charge is 0.112 e. The molecular weight excluding hydrogens is 148 g/mol. The van der Waals surface area contributed by atoms with E-state index in [-0.39, 0.29) is 10.8 Å². The Balaban J connectivity index is 3.02. The van der Waals surface area contributed by atoms with Gasteiger partial charge in [0.1, 0.15) is 5.82 Å². The largest absolute Gasteiger partial charge is 0.348 e. The fraction of sp³-hybridized carbons (Fsp3) is 0.700. The summed E-state index contributed by atoms with van der Waals surface area (Å²) in [4.78, 5) is 7.47. The van der Waals surface area contributed by atoms with Gasteiger partial charge in [-0.2, -0.15) is 0 Å². The van der Waals surface area contributed by atoms with E-state index in [9.17, 15) is 0 Å². The van der Waals surface area contributed by atoms with Gasteiger partial charge in [0.2, 0.25) is 0 Å². The molecule has 0 aliphatic rings. The number of aromatic nitrogens is 2. The topological polar surface area (TPSA) is 28.7 Å². The Kier molecular flexibility index (Phi) is 2.02. The number of H-pyrrole nitrogens is 1. The number of nitrogens with zero attached hydrogens (tertiary/aromatic N) is 1. The maximum absolute atomic E-state index is 4.30. The summed E-state index contributed by atoms with van der Waals surface area (Å²) in [5, 5.41) is 0. The number of hydrogen-bond acceptors (Lipinski definition) is 1. The molecular formula is C10H18N2. The Labute approximate surface area is 74.4 Å². The highest BCUT2D eigenvalue weighted by atomic mass is 14.9. The lowest BCUT2D eigenvalue weighted by molar-refractivity contribution is 0.215. The molecule has 0 aliphatic heterocycles. The van der Waals surface area contributed by atoms with Crippen LogP contribution in [0.3, 0.4) is 0 Å². The minimum atomic E-state index is 0.0938. The molecule has 1 heterocycles. The van der Waals surface area contributed by atoms with Gasteiger partial charge in [-0.25, -0.2) is 4.98 Å². The molecule has 1 aromatic rings. The van der Waals surface area contributed by atoms with Crippen LogP contribution in [0.1, 0.15) is 40.4 Å². The fourth-order valence-electron chi connectivity index (χ4n) is 0.962. The van der Waals surface area contributed by atoms with E-state index in [1.165, 1.54) is 0 Å². The van der Waals surface area contributed by atoms with Crippen molar-refractivity contribution in [1.82, 2.24) is 9.97 Å². The minimum Gasteiger partial charge on any atom is -0.348 e. The van der Waals surface area contributed by atoms with Crippen LogP contribution in [0.4, 0.5) is 0 Å². The summed E-state index contributed by atoms with van der Waals surface area (Å²) in [5.74, 6) is 1.06. The van der Waals surface area contributed by atoms with Crippen LogP contribution in [0.25, 0.3) is 0 Å². The second-order valence-corrected chi connectivity index (χ2v) is 4.81. The van der Waals surface area contributed by atoms with Crippen LogP contribution in [-0.2, 0) is 5.41 Å². The molecule has 1 rings (SSSR count). The van der Waals surface area contributed by atoms with E-state index in [0.717, 1.165) is 5.82 Å². The van der Waals surface area contributed by atoms with Gasteiger partial charge in [0.25, 0.3) is 0 Å². The van der Waals surface area contributed by atoms with Crippen molar-refractivity contribution in [1.29, 1.82) is 0 Å². The van der Waals surface area contributed by atoms with E-state index < -0.39 is 0 Å². The Morgan fingerprint density at radius 1 is 1.17 bits per heavy atom. The first-order chi connectivity index (χ1) is 5.36. The van der Waals surface area contributed by atoms with Crippen molar-refractivity contribution in [3.8, 4) is 0 Å². The summed E-state index contributed by atoms with van der Waals surface area (Å²) in [6, 6.07) is 0. The summed E-state index contributed by atoms with van der Waals surface area (Å²) < 4.78 is 0. The molecule has 0 spiro atoms. The Bertz CT molecular complexity index is 239. The highest BCUT2D eigenvalue weighted by Crippen LogP contribution is 2.38. The third kappa shape index (κ3) is 1.38. The second-order valence-electron chi connectivity index (χ2n) is 4.81. The van der Waals surface area contributed by atoms with Gasteiger partial charge in [-0.15, -0.1) is 0 Å². The number of hydrogen-bond donors (Lipinski definition) is 1. The zero-order valence-corrected chi connectivity index (χ0v) is 8.60. The molecule has 2 heteroatoms. The quantitative estimate of drug-likeness (QED) is 0.682. The molecule has 1 N–H and O–H groups in total. The summed E-state index contributed by atoms with van der Waals surface area (Å²) >= 11 is 0. The molecule has 12 heavy (non-hydrogen) atoms. The Morgan fingerprint density at radius 3 is 2.08 bits per heavy atom. The van der Waals surface area contributed by atoms with Gasteiger partial charge in [-0.05, 0) is 5.41 Å². The average molecular weight is 166 g/mol. The molecule has 0 aromatic carbocycles. The standard InChI is InChI=1S/C10H18N2/c1-9(2,3)10(4,5)8-11-6-7-12-8/h6-7H,1-5H3,(H,11,12). The molecule has 0 saturated heterocycles. The molecule has 0 unspecified atom stereocenters. The summed E-state index contributed by atoms with van der Waals surface area (Å²) in [7, 11) is 0. The normalized spacial score (nSPS) is 13.4. The molecule has 0 fully saturated rings. The third-order valence-electron chi connectivity index (χ3n) is 2.97. The van der Waals surface area contributed by atoms with E-state index in [1.54, 1.807) is 0 Å². The maximum atomic E-state index is 4.30. The number of aromatic amines is 1. The molecule has 68 valence electrons. The van der Waals surface area contributed by atoms with E-state index in [1.807, 2.05) is 12.4 Å². The summed E-state index contributed by atoms with van der Waals surface area (Å²) in [5.41, 5.74) is 0.321. The first-order valence-corrected chi connectivity index (χ1v) is 4.35. The lowest BCUT2D eigenvalue weighted by atomic mass is 9.69. The van der Waals surface area contributed by atoms with Crippen molar-refractivity contribution in [2.45, 2.75) is 40.0 Å². The third-order valence-corrected chi connectivity index (χ3v) is 2.97. The van der Waals surface area contributed by atoms with E-state index in [2.05, 4.69) is 44.6 Å². The first-order valence-electron chi connectivity index (χ1n) is 4.35. The highest BCUT2D eigenvalue weighted by Gasteiger charge is 2.36. The molecule has 0 bridgehead atoms. The van der Waals surface area contributed by atoms with Crippen LogP contribution in [0.15, 0.2) is 12.4 Å². The van der Waals surface area contributed by atoms with E-state index in [0.29, 0.717) is 0 Å². The lowest BCUT2D eigenvalue weighted by Gasteiger charge is -2.36. The van der Waals surface area contributed by atoms with Crippen LogP contribution >= 0.6 is 0 Å². The van der Waals surface area contributed by atoms with Crippen molar-refractivity contribution in [3.05, 3.63) is 18.2 Å². The van der Waals surface area contributed by atoms with Crippen molar-refractivity contribution >= 4 is 0 Å². The van der Waals surface area contributed by atoms with Crippen LogP contribution in [0.2, 0.25) is 0 Å². The average Bonchev–Trinajstić information content (AvgIpc) is 2.34. The van der Waals surface area contributed by atoms with Crippen LogP contribution in [0.5, 0.6) is 0 Å². The van der Waals surface area contributed by atoms with Gasteiger partial charge in [0.15, 0.2) is 0 Å². The monoisotopic (exact) mass is 166 g/mol. The molecule has 0 aliphatic carbocycles. The predicted molar refractivity (Wildman–Crippen MR) is 51.1 cm³/mol. The van der Waals surface area contributed by atoms with Gasteiger partial charge in [-0.1, -0.05) is 34.6 Å². The molecule has 0 amide bonds. The molecule has 2 nitrogen and oxygen atoms in total. The van der Waals surface area contributed by atoms with E-state index in [4.69, 9.17) is 0 Å². The fourth-order valence-corrected chi connectivity index (χ4v) is 0.962. The van der Waals surface area contributed by atoms with E-state index >= 15 is 0 Å². The van der Waals surface area contributed by atoms with Gasteiger partial charge in [0.05, 0.1) is 0 Å². The Hall–Kier alpha value is -0.790. The highest BCUT2D eigenvalue weighted by molar-refractivity contribution is 5.09. The number of nitrogens with one attached hydrogen (secondary N) is 1. The summed E-state index contributed by atoms with van der Waals surface area (Å²) in [6.07, 6.45) is 3.69. The molecule has 0 atom stereocenters. The predicted octanol–water partition coefficient (Wildman–Crippen LogP) is 2.73. The Morgan fingerprint density at radius 2 is 1.75 bits per heavy atom. The van der Waals surface area contributed by atoms with Crippen molar-refractivity contribution in [2.24, 2.45) is 5.41 Å². The summed E-state index contributed by atoms with van der Waals surface area (Å²) in [6.45, 7) is 11.1. The SMILES string of the molecule is CC(C)(C)C(C)(C)c1ncc[nH]1. The van der Waals surface area contributed by atoms with Gasteiger partial charge in [0, 0.05) is 17.8 Å². The zero-order valence-electron chi connectivity index (χ0n) is 8.60. The zero-order chi connectivity index (χ0) is 9.41. The molecule has 0 radical (unpaired) electrons. The lowest BCUT2D eigenvalue weighted by Crippen LogP contribution is -2.35. The van der Waals surface area contributed by atoms with Crippen LogP contribution in [0, 0.1) is 5.41 Å². The number of rotatable bonds is 1. The van der Waals surface area contributed by atoms with Gasteiger partial charge in [-0.3, -0.25) is 0 Å². The van der Waals surface area contributed by atoms with Crippen molar-refractivity contribution < 1.29 is 0 Å². The minimum absolute atomic E-state index is 0.0938. The first kappa shape index (κ1) is 9.30. The van der Waals surface area contributed by atoms with Crippen molar-refractivity contribution in [3.63, 3.8) is 0 Å². The maximum Gasteiger partial charge on any atom is 0.112 e. The van der Waals surface area contributed by atoms with Crippen molar-refractivity contribution in [2.75, 3.05) is 0 Å². The van der Waals surface area contributed by atoms with Gasteiger partial charge >= 0.3 is 0 Å². The van der Waals surface area contributed by atoms with Crippen LogP contribution < -0.4 is 0 Å². The molecule has 0 saturated carbocycles. The van der Waals surface area contributed by atoms with Gasteiger partial charge < -0.3 is 4.98 Å². The number of imidazole rings is 1.